The Kier molecular flexibility index (Phi) is 8.04. The predicted octanol–water partition coefficient (Wildman–Crippen LogP) is 3.47. The van der Waals surface area contributed by atoms with E-state index in [0.29, 0.717) is 17.9 Å². The fraction of sp³-hybridized carbons (Fsp3) is 0.941. The summed E-state index contributed by atoms with van der Waals surface area (Å²) in [4.78, 5) is 14.9. The third kappa shape index (κ3) is 5.14. The van der Waals surface area contributed by atoms with E-state index in [0.717, 1.165) is 31.8 Å². The first-order valence-corrected chi connectivity index (χ1v) is 8.57. The lowest BCUT2D eigenvalue weighted by Crippen LogP contribution is -2.43. The van der Waals surface area contributed by atoms with Crippen LogP contribution in [0.1, 0.15) is 58.8 Å². The molecule has 21 heavy (non-hydrogen) atoms. The number of carbonyl (C=O) groups excluding carboxylic acids is 1. The summed E-state index contributed by atoms with van der Waals surface area (Å²) in [5, 5.41) is 3.36. The molecule has 2 rings (SSSR count). The van der Waals surface area contributed by atoms with Gasteiger partial charge in [-0.05, 0) is 31.2 Å². The number of nitrogens with one attached hydrogen (secondary N) is 1. The average Bonchev–Trinajstić information content (AvgIpc) is 2.98. The number of halogens is 1. The fourth-order valence-corrected chi connectivity index (χ4v) is 3.85. The molecule has 0 aromatic heterocycles. The number of nitrogens with zero attached hydrogens (tertiary/aromatic N) is 1. The molecular weight excluding hydrogens is 284 g/mol. The summed E-state index contributed by atoms with van der Waals surface area (Å²) in [6.45, 7) is 6.45. The van der Waals surface area contributed by atoms with Crippen LogP contribution in [0.15, 0.2) is 0 Å². The van der Waals surface area contributed by atoms with Crippen molar-refractivity contribution in [1.29, 1.82) is 0 Å². The van der Waals surface area contributed by atoms with Crippen molar-refractivity contribution < 1.29 is 4.79 Å². The number of carbonyl (C=O) groups is 1. The SMILES string of the molecule is CC(C)C(CC1CCCCC1)C(=O)N(C)C1CCNC1.Cl. The van der Waals surface area contributed by atoms with Crippen molar-refractivity contribution in [2.45, 2.75) is 64.8 Å². The number of amides is 1. The molecule has 1 aliphatic heterocycles. The number of hydrogen-bond donors (Lipinski definition) is 1. The van der Waals surface area contributed by atoms with Crippen molar-refractivity contribution in [3.05, 3.63) is 0 Å². The van der Waals surface area contributed by atoms with Gasteiger partial charge in [0.05, 0.1) is 0 Å². The smallest absolute Gasteiger partial charge is 0.225 e. The van der Waals surface area contributed by atoms with Crippen molar-refractivity contribution in [3.8, 4) is 0 Å². The Morgan fingerprint density at radius 1 is 1.19 bits per heavy atom. The number of likely N-dealkylation sites (N-methyl/N-ethyl adjacent to an activating group) is 1. The van der Waals surface area contributed by atoms with E-state index in [9.17, 15) is 4.79 Å². The van der Waals surface area contributed by atoms with Gasteiger partial charge in [0.1, 0.15) is 0 Å². The molecule has 0 bridgehead atoms. The van der Waals surface area contributed by atoms with Gasteiger partial charge in [0.2, 0.25) is 5.91 Å². The summed E-state index contributed by atoms with van der Waals surface area (Å²) in [7, 11) is 2.01. The van der Waals surface area contributed by atoms with Gasteiger partial charge in [-0.2, -0.15) is 0 Å². The summed E-state index contributed by atoms with van der Waals surface area (Å²) in [6, 6.07) is 0.412. The minimum atomic E-state index is 0. The Bertz CT molecular complexity index is 310. The Hall–Kier alpha value is -0.280. The van der Waals surface area contributed by atoms with E-state index in [1.165, 1.54) is 32.1 Å². The Balaban J connectivity index is 0.00000220. The molecule has 1 heterocycles. The van der Waals surface area contributed by atoms with E-state index in [-0.39, 0.29) is 18.3 Å². The third-order valence-electron chi connectivity index (χ3n) is 5.36. The van der Waals surface area contributed by atoms with Gasteiger partial charge >= 0.3 is 0 Å². The zero-order valence-electron chi connectivity index (χ0n) is 13.9. The summed E-state index contributed by atoms with van der Waals surface area (Å²) in [5.41, 5.74) is 0. The summed E-state index contributed by atoms with van der Waals surface area (Å²) >= 11 is 0. The second-order valence-electron chi connectivity index (χ2n) is 7.19. The first-order chi connectivity index (χ1) is 9.59. The van der Waals surface area contributed by atoms with Crippen LogP contribution in [-0.4, -0.2) is 37.0 Å². The van der Waals surface area contributed by atoms with Crippen molar-refractivity contribution >= 4 is 18.3 Å². The quantitative estimate of drug-likeness (QED) is 0.842. The van der Waals surface area contributed by atoms with Gasteiger partial charge in [0.15, 0.2) is 0 Å². The molecule has 1 N–H and O–H groups in total. The van der Waals surface area contributed by atoms with Gasteiger partial charge in [-0.3, -0.25) is 4.79 Å². The van der Waals surface area contributed by atoms with E-state index in [4.69, 9.17) is 0 Å². The standard InChI is InChI=1S/C17H32N2O.ClH/c1-13(2)16(11-14-7-5-4-6-8-14)17(20)19(3)15-9-10-18-12-15;/h13-16,18H,4-12H2,1-3H3;1H. The van der Waals surface area contributed by atoms with Crippen molar-refractivity contribution in [2.24, 2.45) is 17.8 Å². The van der Waals surface area contributed by atoms with Crippen LogP contribution in [0, 0.1) is 17.8 Å². The molecule has 0 spiro atoms. The molecule has 2 atom stereocenters. The molecule has 0 radical (unpaired) electrons. The van der Waals surface area contributed by atoms with E-state index >= 15 is 0 Å². The predicted molar refractivity (Wildman–Crippen MR) is 90.8 cm³/mol. The highest BCUT2D eigenvalue weighted by Crippen LogP contribution is 2.32. The Labute approximate surface area is 136 Å². The minimum Gasteiger partial charge on any atom is -0.341 e. The van der Waals surface area contributed by atoms with Crippen LogP contribution < -0.4 is 5.32 Å². The monoisotopic (exact) mass is 316 g/mol. The third-order valence-corrected chi connectivity index (χ3v) is 5.36. The minimum absolute atomic E-state index is 0. The van der Waals surface area contributed by atoms with Gasteiger partial charge in [-0.25, -0.2) is 0 Å². The Morgan fingerprint density at radius 3 is 2.38 bits per heavy atom. The number of hydrogen-bond acceptors (Lipinski definition) is 2. The first kappa shape index (κ1) is 18.8. The Morgan fingerprint density at radius 2 is 1.86 bits per heavy atom. The highest BCUT2D eigenvalue weighted by atomic mass is 35.5. The molecule has 2 unspecified atom stereocenters. The molecule has 1 saturated carbocycles. The van der Waals surface area contributed by atoms with E-state index in [1.54, 1.807) is 0 Å². The van der Waals surface area contributed by atoms with Crippen molar-refractivity contribution in [2.75, 3.05) is 20.1 Å². The van der Waals surface area contributed by atoms with Crippen LogP contribution in [0.25, 0.3) is 0 Å². The topological polar surface area (TPSA) is 32.3 Å². The largest absolute Gasteiger partial charge is 0.341 e. The van der Waals surface area contributed by atoms with Crippen LogP contribution in [0.5, 0.6) is 0 Å². The molecular formula is C17H33ClN2O. The van der Waals surface area contributed by atoms with Crippen LogP contribution in [-0.2, 0) is 4.79 Å². The average molecular weight is 317 g/mol. The second kappa shape index (κ2) is 8.99. The fourth-order valence-electron chi connectivity index (χ4n) is 3.85. The normalized spacial score (nSPS) is 24.7. The molecule has 0 aromatic carbocycles. The molecule has 1 amide bonds. The molecule has 4 heteroatoms. The summed E-state index contributed by atoms with van der Waals surface area (Å²) in [6.07, 6.45) is 9.02. The lowest BCUT2D eigenvalue weighted by molar-refractivity contribution is -0.138. The van der Waals surface area contributed by atoms with Gasteiger partial charge in [0.25, 0.3) is 0 Å². The molecule has 1 aliphatic carbocycles. The maximum Gasteiger partial charge on any atom is 0.225 e. The highest BCUT2D eigenvalue weighted by molar-refractivity contribution is 5.85. The zero-order valence-corrected chi connectivity index (χ0v) is 14.8. The highest BCUT2D eigenvalue weighted by Gasteiger charge is 2.32. The molecule has 3 nitrogen and oxygen atoms in total. The van der Waals surface area contributed by atoms with Crippen LogP contribution in [0.4, 0.5) is 0 Å². The summed E-state index contributed by atoms with van der Waals surface area (Å²) in [5.74, 6) is 1.86. The van der Waals surface area contributed by atoms with Crippen molar-refractivity contribution in [3.63, 3.8) is 0 Å². The van der Waals surface area contributed by atoms with Gasteiger partial charge in [0, 0.05) is 25.6 Å². The molecule has 0 aromatic rings. The van der Waals surface area contributed by atoms with Crippen LogP contribution in [0.2, 0.25) is 0 Å². The molecule has 1 saturated heterocycles. The summed E-state index contributed by atoms with van der Waals surface area (Å²) < 4.78 is 0. The maximum absolute atomic E-state index is 12.8. The molecule has 2 fully saturated rings. The first-order valence-electron chi connectivity index (χ1n) is 8.57. The molecule has 124 valence electrons. The maximum atomic E-state index is 12.8. The van der Waals surface area contributed by atoms with Gasteiger partial charge in [-0.15, -0.1) is 12.4 Å². The van der Waals surface area contributed by atoms with E-state index < -0.39 is 0 Å². The van der Waals surface area contributed by atoms with Gasteiger partial charge < -0.3 is 10.2 Å². The van der Waals surface area contributed by atoms with Crippen LogP contribution in [0.3, 0.4) is 0 Å². The lowest BCUT2D eigenvalue weighted by atomic mass is 9.78. The van der Waals surface area contributed by atoms with Crippen LogP contribution >= 0.6 is 12.4 Å². The van der Waals surface area contributed by atoms with Crippen molar-refractivity contribution in [1.82, 2.24) is 10.2 Å². The van der Waals surface area contributed by atoms with Gasteiger partial charge in [-0.1, -0.05) is 46.0 Å². The zero-order chi connectivity index (χ0) is 14.5. The molecule has 2 aliphatic rings. The van der Waals surface area contributed by atoms with E-state index in [2.05, 4.69) is 19.2 Å². The number of rotatable bonds is 5. The second-order valence-corrected chi connectivity index (χ2v) is 7.19. The lowest BCUT2D eigenvalue weighted by Gasteiger charge is -2.33. The van der Waals surface area contributed by atoms with E-state index in [1.807, 2.05) is 11.9 Å².